The maximum Gasteiger partial charge on any atom is 0.330 e. The van der Waals surface area contributed by atoms with Crippen molar-refractivity contribution < 1.29 is 14.3 Å². The lowest BCUT2D eigenvalue weighted by Gasteiger charge is -2.40. The fraction of sp³-hybridized carbons (Fsp3) is 0.390. The van der Waals surface area contributed by atoms with Crippen molar-refractivity contribution in [1.29, 1.82) is 0 Å². The van der Waals surface area contributed by atoms with Crippen molar-refractivity contribution in [3.8, 4) is 28.3 Å². The van der Waals surface area contributed by atoms with Gasteiger partial charge >= 0.3 is 11.7 Å². The second-order valence-electron chi connectivity index (χ2n) is 15.0. The maximum absolute atomic E-state index is 13.3. The van der Waals surface area contributed by atoms with Crippen molar-refractivity contribution in [2.45, 2.75) is 44.2 Å². The first kappa shape index (κ1) is 37.9. The smallest absolute Gasteiger partial charge is 0.330 e. The van der Waals surface area contributed by atoms with Crippen LogP contribution in [0.2, 0.25) is 10.0 Å². The number of carbonyl (C=O) groups excluding carboxylic acids is 1. The van der Waals surface area contributed by atoms with Crippen LogP contribution in [0.5, 0.6) is 5.88 Å². The standard InChI is InChI=1S/C41H44Cl2N8O5/c1-23-20-31-33(38(52)49(3)40(54)48(31)2)36(44-23)45-28-11-7-9-26(35(28)43)25-8-6-10-27(34(25)42)29-21-24-12-13-30(32(24)37(46-29)56-5)51-17-15-41(22-51)14-16-50(18-19-55-4)39(53)47-41/h6-11,20-21,30H,12-19,22H2,1-5H3,(H,44,45)(H,47,53)/t30-,41-/m0/s1. The van der Waals surface area contributed by atoms with E-state index in [0.29, 0.717) is 68.6 Å². The number of carbonyl (C=O) groups is 1. The van der Waals surface area contributed by atoms with Crippen molar-refractivity contribution >= 4 is 51.6 Å². The predicted molar refractivity (Wildman–Crippen MR) is 219 cm³/mol. The number of nitrogens with zero attached hydrogens (tertiary/aromatic N) is 6. The number of pyridine rings is 2. The van der Waals surface area contributed by atoms with Crippen molar-refractivity contribution in [1.82, 2.24) is 34.2 Å². The monoisotopic (exact) mass is 798 g/mol. The van der Waals surface area contributed by atoms with Gasteiger partial charge in [0.05, 0.1) is 46.2 Å². The number of hydrogen-bond donors (Lipinski definition) is 2. The van der Waals surface area contributed by atoms with Gasteiger partial charge < -0.3 is 25.0 Å². The zero-order valence-corrected chi connectivity index (χ0v) is 33.6. The molecule has 0 saturated carbocycles. The van der Waals surface area contributed by atoms with Gasteiger partial charge in [-0.15, -0.1) is 0 Å². The first-order chi connectivity index (χ1) is 26.9. The summed E-state index contributed by atoms with van der Waals surface area (Å²) in [5, 5.41) is 7.74. The van der Waals surface area contributed by atoms with Crippen LogP contribution in [0.4, 0.5) is 16.3 Å². The highest BCUT2D eigenvalue weighted by atomic mass is 35.5. The Kier molecular flexibility index (Phi) is 10.1. The molecule has 15 heteroatoms. The lowest BCUT2D eigenvalue weighted by molar-refractivity contribution is 0.114. The Morgan fingerprint density at radius 2 is 1.68 bits per heavy atom. The number of nitrogens with one attached hydrogen (secondary N) is 2. The molecule has 2 amide bonds. The molecule has 2 N–H and O–H groups in total. The third kappa shape index (κ3) is 6.49. The van der Waals surface area contributed by atoms with E-state index in [1.165, 1.54) is 17.2 Å². The minimum atomic E-state index is -0.461. The van der Waals surface area contributed by atoms with Crippen LogP contribution in [0.15, 0.2) is 58.1 Å². The number of methoxy groups -OCH3 is 2. The fourth-order valence-corrected chi connectivity index (χ4v) is 9.26. The van der Waals surface area contributed by atoms with Crippen LogP contribution in [-0.4, -0.2) is 87.5 Å². The summed E-state index contributed by atoms with van der Waals surface area (Å²) in [6.07, 6.45) is 3.59. The number of aromatic nitrogens is 4. The van der Waals surface area contributed by atoms with Crippen LogP contribution >= 0.6 is 23.2 Å². The molecule has 8 rings (SSSR count). The predicted octanol–water partition coefficient (Wildman–Crippen LogP) is 6.22. The lowest BCUT2D eigenvalue weighted by atomic mass is 9.92. The van der Waals surface area contributed by atoms with Crippen molar-refractivity contribution in [3.05, 3.63) is 96.2 Å². The molecule has 2 aromatic carbocycles. The Labute approximate surface area is 334 Å². The average molecular weight is 800 g/mol. The van der Waals surface area contributed by atoms with E-state index in [0.717, 1.165) is 61.0 Å². The Hall–Kier alpha value is -4.95. The number of fused-ring (bicyclic) bond motifs is 2. The number of ether oxygens (including phenoxy) is 2. The summed E-state index contributed by atoms with van der Waals surface area (Å²) in [4.78, 5) is 52.9. The van der Waals surface area contributed by atoms with Crippen molar-refractivity contribution in [2.24, 2.45) is 14.1 Å². The summed E-state index contributed by atoms with van der Waals surface area (Å²) in [5.41, 5.74) is 5.56. The van der Waals surface area contributed by atoms with Crippen LogP contribution in [-0.2, 0) is 25.3 Å². The van der Waals surface area contributed by atoms with Crippen LogP contribution < -0.4 is 26.6 Å². The van der Waals surface area contributed by atoms with Gasteiger partial charge in [0, 0.05) is 81.4 Å². The van der Waals surface area contributed by atoms with Crippen molar-refractivity contribution in [2.75, 3.05) is 52.3 Å². The molecule has 2 atom stereocenters. The highest BCUT2D eigenvalue weighted by molar-refractivity contribution is 6.39. The van der Waals surface area contributed by atoms with E-state index in [4.69, 9.17) is 37.7 Å². The molecular weight excluding hydrogens is 755 g/mol. The fourth-order valence-electron chi connectivity index (χ4n) is 8.66. The number of anilines is 2. The van der Waals surface area contributed by atoms with E-state index >= 15 is 0 Å². The minimum absolute atomic E-state index is 0.0210. The normalized spacial score (nSPS) is 19.5. The Morgan fingerprint density at radius 1 is 0.946 bits per heavy atom. The summed E-state index contributed by atoms with van der Waals surface area (Å²) < 4.78 is 13.7. The maximum atomic E-state index is 13.3. The van der Waals surface area contributed by atoms with Crippen LogP contribution in [0.25, 0.3) is 33.3 Å². The van der Waals surface area contributed by atoms with Gasteiger partial charge in [-0.3, -0.25) is 18.8 Å². The first-order valence-corrected chi connectivity index (χ1v) is 19.5. The largest absolute Gasteiger partial charge is 0.481 e. The number of hydrogen-bond acceptors (Lipinski definition) is 9. The highest BCUT2D eigenvalue weighted by Gasteiger charge is 2.46. The van der Waals surface area contributed by atoms with E-state index in [1.54, 1.807) is 40.3 Å². The van der Waals surface area contributed by atoms with Crippen LogP contribution in [0, 0.1) is 6.92 Å². The zero-order chi connectivity index (χ0) is 39.5. The molecule has 1 spiro atoms. The number of benzene rings is 2. The van der Waals surface area contributed by atoms with Gasteiger partial charge in [0.2, 0.25) is 5.88 Å². The molecule has 56 heavy (non-hydrogen) atoms. The number of amides is 2. The SMILES string of the molecule is COCCN1CC[C@@]2(CCN([C@H]3CCc4cc(-c5cccc(-c6cccc(Nc7nc(C)cc8c7c(=O)n(C)c(=O)n8C)c6Cl)c5Cl)nc(OC)c43)C2)NC1=O. The molecule has 13 nitrogen and oxygen atoms in total. The molecule has 2 saturated heterocycles. The molecular formula is C41H44Cl2N8O5. The van der Waals surface area contributed by atoms with E-state index in [-0.39, 0.29) is 23.0 Å². The molecule has 0 radical (unpaired) electrons. The Balaban J connectivity index is 1.08. The van der Waals surface area contributed by atoms with E-state index in [9.17, 15) is 14.4 Å². The summed E-state index contributed by atoms with van der Waals surface area (Å²) in [6.45, 7) is 5.29. The summed E-state index contributed by atoms with van der Waals surface area (Å²) in [5.74, 6) is 0.867. The number of urea groups is 1. The topological polar surface area (TPSA) is 136 Å². The molecule has 0 bridgehead atoms. The van der Waals surface area contributed by atoms with Gasteiger partial charge in [-0.05, 0) is 56.4 Å². The molecule has 2 fully saturated rings. The summed E-state index contributed by atoms with van der Waals surface area (Å²) in [6, 6.07) is 15.3. The molecule has 5 heterocycles. The quantitative estimate of drug-likeness (QED) is 0.178. The van der Waals surface area contributed by atoms with Gasteiger partial charge in [0.1, 0.15) is 11.2 Å². The van der Waals surface area contributed by atoms with E-state index < -0.39 is 11.2 Å². The zero-order valence-electron chi connectivity index (χ0n) is 32.0. The first-order valence-electron chi connectivity index (χ1n) is 18.7. The van der Waals surface area contributed by atoms with Gasteiger partial charge in [-0.2, -0.15) is 0 Å². The summed E-state index contributed by atoms with van der Waals surface area (Å²) in [7, 11) is 6.37. The van der Waals surface area contributed by atoms with Gasteiger partial charge in [-0.1, -0.05) is 53.5 Å². The summed E-state index contributed by atoms with van der Waals surface area (Å²) >= 11 is 14.4. The van der Waals surface area contributed by atoms with Crippen LogP contribution in [0.3, 0.4) is 0 Å². The number of aryl methyl sites for hydroxylation is 3. The Morgan fingerprint density at radius 3 is 2.43 bits per heavy atom. The molecule has 3 aromatic heterocycles. The molecule has 0 unspecified atom stereocenters. The number of likely N-dealkylation sites (tertiary alicyclic amines) is 1. The molecule has 5 aromatic rings. The molecule has 3 aliphatic rings. The number of halogens is 2. The van der Waals surface area contributed by atoms with Gasteiger partial charge in [0.15, 0.2) is 0 Å². The Bertz CT molecular complexity index is 2520. The minimum Gasteiger partial charge on any atom is -0.481 e. The van der Waals surface area contributed by atoms with E-state index in [2.05, 4.69) is 26.6 Å². The molecule has 292 valence electrons. The average Bonchev–Trinajstić information content (AvgIpc) is 3.80. The van der Waals surface area contributed by atoms with Crippen LogP contribution in [0.1, 0.15) is 42.1 Å². The molecule has 1 aliphatic carbocycles. The molecule has 2 aliphatic heterocycles. The third-order valence-electron chi connectivity index (χ3n) is 11.6. The van der Waals surface area contributed by atoms with E-state index in [1.807, 2.05) is 35.2 Å². The van der Waals surface area contributed by atoms with Gasteiger partial charge in [-0.25, -0.2) is 19.6 Å². The second kappa shape index (κ2) is 14.8. The van der Waals surface area contributed by atoms with Gasteiger partial charge in [0.25, 0.3) is 5.56 Å². The second-order valence-corrected chi connectivity index (χ2v) is 15.7. The number of rotatable bonds is 9. The van der Waals surface area contributed by atoms with Crippen molar-refractivity contribution in [3.63, 3.8) is 0 Å². The lowest BCUT2D eigenvalue weighted by Crippen LogP contribution is -2.61. The third-order valence-corrected chi connectivity index (χ3v) is 12.4. The highest BCUT2D eigenvalue weighted by Crippen LogP contribution is 2.47.